The van der Waals surface area contributed by atoms with Crippen LogP contribution in [0.15, 0.2) is 97.2 Å². The zero-order valence-electron chi connectivity index (χ0n) is 50.9. The molecule has 0 radical (unpaired) electrons. The Morgan fingerprint density at radius 3 is 1.14 bits per heavy atom. The van der Waals surface area contributed by atoms with Gasteiger partial charge in [0.25, 0.3) is 0 Å². The van der Waals surface area contributed by atoms with Gasteiger partial charge < -0.3 is 19.8 Å². The van der Waals surface area contributed by atoms with Crippen molar-refractivity contribution in [1.29, 1.82) is 0 Å². The molecular weight excluding hydrogens is 972 g/mol. The molecule has 0 saturated carbocycles. The summed E-state index contributed by atoms with van der Waals surface area (Å²) in [6, 6.07) is -0.866. The van der Waals surface area contributed by atoms with Gasteiger partial charge in [0.2, 0.25) is 5.91 Å². The maximum absolute atomic E-state index is 13.0. The number of aliphatic hydroxyl groups excluding tert-OH is 1. The molecule has 0 aromatic rings. The molecular formula is C68H124N2O6P+. The smallest absolute Gasteiger partial charge is 0.387 e. The molecule has 0 bridgehead atoms. The summed E-state index contributed by atoms with van der Waals surface area (Å²) in [5.41, 5.74) is 0. The number of phosphoric acid groups is 1. The number of hydrogen-bond donors (Lipinski definition) is 3. The van der Waals surface area contributed by atoms with Gasteiger partial charge in [-0.15, -0.1) is 0 Å². The molecule has 0 aliphatic rings. The predicted molar refractivity (Wildman–Crippen MR) is 336 cm³/mol. The lowest BCUT2D eigenvalue weighted by molar-refractivity contribution is -0.870. The average molecular weight is 1100 g/mol. The monoisotopic (exact) mass is 1100 g/mol. The lowest BCUT2D eigenvalue weighted by atomic mass is 10.0. The maximum atomic E-state index is 13.0. The Hall–Kier alpha value is -2.58. The number of rotatable bonds is 58. The second kappa shape index (κ2) is 58.1. The molecule has 3 atom stereocenters. The normalized spacial score (nSPS) is 14.4. The lowest BCUT2D eigenvalue weighted by Crippen LogP contribution is -2.45. The summed E-state index contributed by atoms with van der Waals surface area (Å²) in [7, 11) is 1.55. The maximum Gasteiger partial charge on any atom is 0.472 e. The van der Waals surface area contributed by atoms with E-state index in [0.29, 0.717) is 17.4 Å². The molecule has 1 amide bonds. The number of carbonyl (C=O) groups excluding carboxylic acids is 1. The third-order valence-electron chi connectivity index (χ3n) is 14.1. The lowest BCUT2D eigenvalue weighted by Gasteiger charge is -2.25. The second-order valence-corrected chi connectivity index (χ2v) is 24.2. The fourth-order valence-electron chi connectivity index (χ4n) is 9.08. The van der Waals surface area contributed by atoms with Crippen molar-refractivity contribution in [2.45, 2.75) is 289 Å². The number of carbonyl (C=O) groups is 1. The molecule has 0 spiro atoms. The number of amides is 1. The number of hydrogen-bond acceptors (Lipinski definition) is 5. The van der Waals surface area contributed by atoms with Crippen LogP contribution in [0.2, 0.25) is 0 Å². The fourth-order valence-corrected chi connectivity index (χ4v) is 9.82. The third-order valence-corrected chi connectivity index (χ3v) is 15.0. The van der Waals surface area contributed by atoms with E-state index in [-0.39, 0.29) is 19.1 Å². The van der Waals surface area contributed by atoms with Crippen LogP contribution >= 0.6 is 7.82 Å². The molecule has 0 fully saturated rings. The molecule has 0 heterocycles. The van der Waals surface area contributed by atoms with Crippen molar-refractivity contribution in [3.05, 3.63) is 97.2 Å². The van der Waals surface area contributed by atoms with Gasteiger partial charge in [-0.25, -0.2) is 4.57 Å². The van der Waals surface area contributed by atoms with Crippen molar-refractivity contribution in [1.82, 2.24) is 5.32 Å². The van der Waals surface area contributed by atoms with Gasteiger partial charge in [-0.1, -0.05) is 291 Å². The van der Waals surface area contributed by atoms with E-state index < -0.39 is 20.0 Å². The van der Waals surface area contributed by atoms with E-state index in [1.54, 1.807) is 6.08 Å². The molecule has 0 aliphatic heterocycles. The summed E-state index contributed by atoms with van der Waals surface area (Å²) in [5, 5.41) is 14.0. The molecule has 3 N–H and O–H groups in total. The summed E-state index contributed by atoms with van der Waals surface area (Å²) in [6.07, 6.45) is 83.8. The Labute approximate surface area is 477 Å². The van der Waals surface area contributed by atoms with Crippen molar-refractivity contribution >= 4 is 13.7 Å². The van der Waals surface area contributed by atoms with Crippen LogP contribution in [0.4, 0.5) is 0 Å². The van der Waals surface area contributed by atoms with Crippen molar-refractivity contribution < 1.29 is 32.9 Å². The molecule has 0 rings (SSSR count). The summed E-state index contributed by atoms with van der Waals surface area (Å²) >= 11 is 0. The Kier molecular flexibility index (Phi) is 56.1. The van der Waals surface area contributed by atoms with Gasteiger partial charge in [-0.3, -0.25) is 13.8 Å². The highest BCUT2D eigenvalue weighted by Crippen LogP contribution is 2.43. The highest BCUT2D eigenvalue weighted by Gasteiger charge is 2.27. The highest BCUT2D eigenvalue weighted by atomic mass is 31.2. The minimum Gasteiger partial charge on any atom is -0.387 e. The Bertz CT molecular complexity index is 1570. The van der Waals surface area contributed by atoms with Gasteiger partial charge in [-0.2, -0.15) is 0 Å². The van der Waals surface area contributed by atoms with Crippen molar-refractivity contribution in [2.24, 2.45) is 0 Å². The minimum atomic E-state index is -4.36. The standard InChI is InChI=1S/C68H123N2O6P/c1-6-8-10-12-14-16-18-20-22-24-26-28-30-32-34-36-37-39-41-43-45-47-49-51-53-55-57-59-61-67(71)66(65-76-77(73,74)75-64-63-70(3,4)5)69-68(72)62-60-58-56-54-52-50-48-46-44-42-40-38-35-33-31-29-27-25-23-21-19-17-15-13-11-9-7-2/h9,11,15,17,21,23,27,29,33,35,40,42,46,48,59,61,66-67,71H,6-8,10,12-14,16,18-20,22,24-26,28,30-32,34,36-39,41,43-45,47,49-58,60,62-65H2,1-5H3,(H-,69,72,73,74)/p+1/b11-9-,17-15-,23-21-,29-27-,35-33-,42-40-,48-46-,61-59+. The first-order chi connectivity index (χ1) is 37.5. The number of quaternary nitrogens is 1. The first-order valence-corrected chi connectivity index (χ1v) is 33.6. The Morgan fingerprint density at radius 2 is 0.779 bits per heavy atom. The van der Waals surface area contributed by atoms with E-state index in [4.69, 9.17) is 9.05 Å². The number of allylic oxidation sites excluding steroid dienone is 15. The van der Waals surface area contributed by atoms with Crippen molar-refractivity contribution in [2.75, 3.05) is 40.9 Å². The number of likely N-dealkylation sites (N-methyl/N-ethyl adjacent to an activating group) is 1. The topological polar surface area (TPSA) is 105 Å². The first kappa shape index (κ1) is 74.4. The third kappa shape index (κ3) is 60.9. The van der Waals surface area contributed by atoms with Gasteiger partial charge in [-0.05, 0) is 77.0 Å². The zero-order valence-corrected chi connectivity index (χ0v) is 51.8. The van der Waals surface area contributed by atoms with Crippen LogP contribution in [0.3, 0.4) is 0 Å². The summed E-state index contributed by atoms with van der Waals surface area (Å²) in [4.78, 5) is 23.4. The molecule has 3 unspecified atom stereocenters. The minimum absolute atomic E-state index is 0.0526. The fraction of sp³-hybridized carbons (Fsp3) is 0.750. The number of phosphoric ester groups is 1. The van der Waals surface area contributed by atoms with E-state index in [2.05, 4.69) is 104 Å². The van der Waals surface area contributed by atoms with Crippen molar-refractivity contribution in [3.63, 3.8) is 0 Å². The Balaban J connectivity index is 4.22. The van der Waals surface area contributed by atoms with Crippen LogP contribution in [0.25, 0.3) is 0 Å². The SMILES string of the molecule is CC/C=C\C/C=C\C/C=C\C/C=C\C/C=C\C/C=C\C/C=C\CCCCCCCC(=O)NC(COP(=O)(O)OCC[N+](C)(C)C)C(O)/C=C/CCCCCCCCCCCCCCCCCCCCCCCCCCCC. The average Bonchev–Trinajstić information content (AvgIpc) is 3.39. The van der Waals surface area contributed by atoms with Crippen LogP contribution in [0.1, 0.15) is 277 Å². The number of unbranched alkanes of at least 4 members (excludes halogenated alkanes) is 31. The molecule has 0 aliphatic carbocycles. The molecule has 8 nitrogen and oxygen atoms in total. The predicted octanol–water partition coefficient (Wildman–Crippen LogP) is 20.2. The number of nitrogens with one attached hydrogen (secondary N) is 1. The summed E-state index contributed by atoms with van der Waals surface area (Å²) in [5.74, 6) is -0.197. The largest absolute Gasteiger partial charge is 0.472 e. The second-order valence-electron chi connectivity index (χ2n) is 22.8. The van der Waals surface area contributed by atoms with Gasteiger partial charge in [0.15, 0.2) is 0 Å². The number of aliphatic hydroxyl groups is 1. The number of nitrogens with zero attached hydrogens (tertiary/aromatic N) is 1. The molecule has 446 valence electrons. The van der Waals surface area contributed by atoms with Crippen LogP contribution in [-0.2, 0) is 18.4 Å². The molecule has 0 aromatic heterocycles. The van der Waals surface area contributed by atoms with Gasteiger partial charge in [0.1, 0.15) is 13.2 Å². The highest BCUT2D eigenvalue weighted by molar-refractivity contribution is 7.47. The molecule has 0 saturated heterocycles. The van der Waals surface area contributed by atoms with Gasteiger partial charge in [0, 0.05) is 6.42 Å². The van der Waals surface area contributed by atoms with Crippen LogP contribution in [0, 0.1) is 0 Å². The van der Waals surface area contributed by atoms with Crippen molar-refractivity contribution in [3.8, 4) is 0 Å². The summed E-state index contributed by atoms with van der Waals surface area (Å²) in [6.45, 7) is 4.70. The van der Waals surface area contributed by atoms with Gasteiger partial charge >= 0.3 is 7.82 Å². The summed E-state index contributed by atoms with van der Waals surface area (Å²) < 4.78 is 23.8. The zero-order chi connectivity index (χ0) is 56.3. The Morgan fingerprint density at radius 1 is 0.455 bits per heavy atom. The van der Waals surface area contributed by atoms with E-state index >= 15 is 0 Å². The van der Waals surface area contributed by atoms with E-state index in [1.807, 2.05) is 27.2 Å². The molecule has 0 aromatic carbocycles. The van der Waals surface area contributed by atoms with Crippen LogP contribution < -0.4 is 5.32 Å². The van der Waals surface area contributed by atoms with E-state index in [1.165, 1.54) is 154 Å². The van der Waals surface area contributed by atoms with E-state index in [9.17, 15) is 19.4 Å². The quantitative estimate of drug-likeness (QED) is 0.0243. The van der Waals surface area contributed by atoms with Gasteiger partial charge in [0.05, 0.1) is 39.9 Å². The molecule has 9 heteroatoms. The van der Waals surface area contributed by atoms with E-state index in [0.717, 1.165) is 103 Å². The van der Waals surface area contributed by atoms with Crippen LogP contribution in [-0.4, -0.2) is 73.4 Å². The van der Waals surface area contributed by atoms with Crippen LogP contribution in [0.5, 0.6) is 0 Å². The molecule has 77 heavy (non-hydrogen) atoms. The first-order valence-electron chi connectivity index (χ1n) is 32.1.